The highest BCUT2D eigenvalue weighted by molar-refractivity contribution is 6.42. The molecule has 1 aromatic heterocycles. The molecule has 7 heteroatoms. The summed E-state index contributed by atoms with van der Waals surface area (Å²) >= 11 is 11.7. The van der Waals surface area contributed by atoms with E-state index in [9.17, 15) is 4.79 Å². The van der Waals surface area contributed by atoms with Gasteiger partial charge in [-0.2, -0.15) is 0 Å². The van der Waals surface area contributed by atoms with Gasteiger partial charge in [0, 0.05) is 24.7 Å². The first-order chi connectivity index (χ1) is 9.54. The molecule has 5 nitrogen and oxygen atoms in total. The summed E-state index contributed by atoms with van der Waals surface area (Å²) in [5.41, 5.74) is 0.613. The van der Waals surface area contributed by atoms with E-state index in [4.69, 9.17) is 27.7 Å². The Kier molecular flexibility index (Phi) is 4.87. The topological polar surface area (TPSA) is 67.2 Å². The lowest BCUT2D eigenvalue weighted by atomic mass is 10.3. The zero-order valence-corrected chi connectivity index (χ0v) is 12.3. The Morgan fingerprint density at radius 1 is 1.30 bits per heavy atom. The molecule has 0 unspecified atom stereocenters. The summed E-state index contributed by atoms with van der Waals surface area (Å²) in [5, 5.41) is 10.3. The minimum Gasteiger partial charge on any atom is -0.367 e. The molecule has 1 heterocycles. The Morgan fingerprint density at radius 2 is 2.10 bits per heavy atom. The van der Waals surface area contributed by atoms with Crippen LogP contribution in [0.3, 0.4) is 0 Å². The minimum absolute atomic E-state index is 0.129. The number of nitrogens with zero attached hydrogens (tertiary/aromatic N) is 1. The summed E-state index contributed by atoms with van der Waals surface area (Å²) in [6.07, 6.45) is 0.298. The Labute approximate surface area is 126 Å². The number of carbonyl (C=O) groups excluding carboxylic acids is 1. The summed E-state index contributed by atoms with van der Waals surface area (Å²) in [7, 11) is 0. The number of benzene rings is 1. The average Bonchev–Trinajstić information content (AvgIpc) is 2.80. The summed E-state index contributed by atoms with van der Waals surface area (Å²) in [5.74, 6) is 1.20. The molecule has 2 N–H and O–H groups in total. The Hall–Kier alpha value is -1.72. The van der Waals surface area contributed by atoms with E-state index in [1.807, 2.05) is 0 Å². The van der Waals surface area contributed by atoms with Gasteiger partial charge in [-0.25, -0.2) is 0 Å². The molecule has 2 aromatic rings. The van der Waals surface area contributed by atoms with Crippen molar-refractivity contribution in [2.45, 2.75) is 13.3 Å². The fraction of sp³-hybridized carbons (Fsp3) is 0.231. The lowest BCUT2D eigenvalue weighted by molar-refractivity contribution is -0.115. The molecule has 0 aliphatic rings. The van der Waals surface area contributed by atoms with Gasteiger partial charge in [-0.1, -0.05) is 28.4 Å². The molecule has 0 atom stereocenters. The third-order valence-corrected chi connectivity index (χ3v) is 3.23. The van der Waals surface area contributed by atoms with Gasteiger partial charge in [0.05, 0.1) is 10.0 Å². The predicted octanol–water partition coefficient (Wildman–Crippen LogP) is 3.73. The van der Waals surface area contributed by atoms with Crippen LogP contribution in [0, 0.1) is 6.92 Å². The molecule has 0 saturated carbocycles. The Morgan fingerprint density at radius 3 is 2.75 bits per heavy atom. The van der Waals surface area contributed by atoms with E-state index in [0.29, 0.717) is 40.3 Å². The molecule has 0 aliphatic carbocycles. The van der Waals surface area contributed by atoms with Crippen LogP contribution in [0.4, 0.5) is 11.5 Å². The maximum absolute atomic E-state index is 11.7. The molecule has 106 valence electrons. The number of hydrogen-bond donors (Lipinski definition) is 2. The number of nitrogens with one attached hydrogen (secondary N) is 2. The van der Waals surface area contributed by atoms with Crippen LogP contribution in [0.25, 0.3) is 0 Å². The smallest absolute Gasteiger partial charge is 0.226 e. The van der Waals surface area contributed by atoms with Crippen LogP contribution in [-0.4, -0.2) is 17.6 Å². The van der Waals surface area contributed by atoms with Gasteiger partial charge in [0.2, 0.25) is 5.91 Å². The first-order valence-electron chi connectivity index (χ1n) is 5.96. The van der Waals surface area contributed by atoms with Gasteiger partial charge >= 0.3 is 0 Å². The zero-order valence-electron chi connectivity index (χ0n) is 10.7. The summed E-state index contributed by atoms with van der Waals surface area (Å²) < 4.78 is 4.90. The standard InChI is InChI=1S/C13H13Cl2N3O2/c1-8-6-12(18-20-8)16-5-4-13(19)17-9-2-3-10(14)11(15)7-9/h2-3,6-7H,4-5H2,1H3,(H,16,18)(H,17,19). The van der Waals surface area contributed by atoms with Crippen LogP contribution in [0.2, 0.25) is 10.0 Å². The predicted molar refractivity (Wildman–Crippen MR) is 79.4 cm³/mol. The Bertz CT molecular complexity index is 613. The fourth-order valence-corrected chi connectivity index (χ4v) is 1.85. The van der Waals surface area contributed by atoms with Crippen molar-refractivity contribution in [1.82, 2.24) is 5.16 Å². The van der Waals surface area contributed by atoms with Gasteiger partial charge in [0.15, 0.2) is 5.82 Å². The first-order valence-corrected chi connectivity index (χ1v) is 6.72. The lowest BCUT2D eigenvalue weighted by Crippen LogP contribution is -2.16. The molecule has 0 saturated heterocycles. The molecular weight excluding hydrogens is 301 g/mol. The van der Waals surface area contributed by atoms with Crippen molar-refractivity contribution in [1.29, 1.82) is 0 Å². The number of amides is 1. The summed E-state index contributed by atoms with van der Waals surface area (Å²) in [6.45, 7) is 2.26. The summed E-state index contributed by atoms with van der Waals surface area (Å²) in [4.78, 5) is 11.7. The molecule has 0 fully saturated rings. The number of aromatic nitrogens is 1. The van der Waals surface area contributed by atoms with E-state index >= 15 is 0 Å². The van der Waals surface area contributed by atoms with Crippen LogP contribution in [0.15, 0.2) is 28.8 Å². The van der Waals surface area contributed by atoms with Crippen LogP contribution in [0.5, 0.6) is 0 Å². The van der Waals surface area contributed by atoms with Gasteiger partial charge in [-0.05, 0) is 25.1 Å². The molecule has 1 amide bonds. The molecular formula is C13H13Cl2N3O2. The SMILES string of the molecule is Cc1cc(NCCC(=O)Nc2ccc(Cl)c(Cl)c2)no1. The van der Waals surface area contributed by atoms with Gasteiger partial charge in [-0.15, -0.1) is 0 Å². The highest BCUT2D eigenvalue weighted by Gasteiger charge is 2.05. The molecule has 1 aromatic carbocycles. The quantitative estimate of drug-likeness (QED) is 0.882. The monoisotopic (exact) mass is 313 g/mol. The average molecular weight is 314 g/mol. The third kappa shape index (κ3) is 4.15. The maximum Gasteiger partial charge on any atom is 0.226 e. The number of rotatable bonds is 5. The van der Waals surface area contributed by atoms with Crippen molar-refractivity contribution >= 4 is 40.6 Å². The van der Waals surface area contributed by atoms with E-state index in [1.165, 1.54) is 0 Å². The van der Waals surface area contributed by atoms with Crippen molar-refractivity contribution in [3.8, 4) is 0 Å². The maximum atomic E-state index is 11.7. The van der Waals surface area contributed by atoms with E-state index < -0.39 is 0 Å². The Balaban J connectivity index is 1.79. The molecule has 0 bridgehead atoms. The number of carbonyl (C=O) groups is 1. The molecule has 2 rings (SSSR count). The van der Waals surface area contributed by atoms with Crippen molar-refractivity contribution < 1.29 is 9.32 Å². The highest BCUT2D eigenvalue weighted by Crippen LogP contribution is 2.25. The lowest BCUT2D eigenvalue weighted by Gasteiger charge is -2.06. The van der Waals surface area contributed by atoms with Crippen LogP contribution in [-0.2, 0) is 4.79 Å². The second-order valence-electron chi connectivity index (χ2n) is 4.18. The van der Waals surface area contributed by atoms with Crippen molar-refractivity contribution in [3.63, 3.8) is 0 Å². The largest absolute Gasteiger partial charge is 0.367 e. The molecule has 20 heavy (non-hydrogen) atoms. The van der Waals surface area contributed by atoms with Gasteiger partial charge < -0.3 is 15.2 Å². The van der Waals surface area contributed by atoms with E-state index in [0.717, 1.165) is 0 Å². The number of aryl methyl sites for hydroxylation is 1. The fourth-order valence-electron chi connectivity index (χ4n) is 1.55. The van der Waals surface area contributed by atoms with Crippen molar-refractivity contribution in [3.05, 3.63) is 40.1 Å². The molecule has 0 aliphatic heterocycles. The minimum atomic E-state index is -0.129. The number of hydrogen-bond acceptors (Lipinski definition) is 4. The van der Waals surface area contributed by atoms with E-state index in [2.05, 4.69) is 15.8 Å². The third-order valence-electron chi connectivity index (χ3n) is 2.49. The van der Waals surface area contributed by atoms with Crippen LogP contribution < -0.4 is 10.6 Å². The van der Waals surface area contributed by atoms with E-state index in [-0.39, 0.29) is 5.91 Å². The van der Waals surface area contributed by atoms with Gasteiger partial charge in [-0.3, -0.25) is 4.79 Å². The van der Waals surface area contributed by atoms with Crippen molar-refractivity contribution in [2.24, 2.45) is 0 Å². The molecule has 0 radical (unpaired) electrons. The normalized spacial score (nSPS) is 10.3. The second-order valence-corrected chi connectivity index (χ2v) is 4.99. The van der Waals surface area contributed by atoms with Gasteiger partial charge in [0.25, 0.3) is 0 Å². The zero-order chi connectivity index (χ0) is 14.5. The number of halogens is 2. The first kappa shape index (κ1) is 14.7. The van der Waals surface area contributed by atoms with Crippen molar-refractivity contribution in [2.75, 3.05) is 17.2 Å². The number of anilines is 2. The van der Waals surface area contributed by atoms with Crippen LogP contribution in [0.1, 0.15) is 12.2 Å². The van der Waals surface area contributed by atoms with Gasteiger partial charge in [0.1, 0.15) is 5.76 Å². The van der Waals surface area contributed by atoms with Crippen LogP contribution >= 0.6 is 23.2 Å². The second kappa shape index (κ2) is 6.63. The highest BCUT2D eigenvalue weighted by atomic mass is 35.5. The summed E-state index contributed by atoms with van der Waals surface area (Å²) in [6, 6.07) is 6.70. The van der Waals surface area contributed by atoms with E-state index in [1.54, 1.807) is 31.2 Å². The molecule has 0 spiro atoms.